The molecule has 0 radical (unpaired) electrons. The summed E-state index contributed by atoms with van der Waals surface area (Å²) in [5, 5.41) is 0. The number of carbonyl (C=O) groups excluding carboxylic acids is 2. The Labute approximate surface area is 327 Å². The Bertz CT molecular complexity index is 860. The molecule has 0 heterocycles. The van der Waals surface area contributed by atoms with Crippen LogP contribution < -0.4 is 0 Å². The fourth-order valence-corrected chi connectivity index (χ4v) is 7.19. The van der Waals surface area contributed by atoms with E-state index in [1.54, 1.807) is 0 Å². The summed E-state index contributed by atoms with van der Waals surface area (Å²) in [7, 11) is -4.75. The molecule has 0 saturated carbocycles. The molecular formula is C44H87O8P. The van der Waals surface area contributed by atoms with Gasteiger partial charge in [-0.2, -0.15) is 0 Å². The molecular weight excluding hydrogens is 687 g/mol. The van der Waals surface area contributed by atoms with Gasteiger partial charge in [0.25, 0.3) is 0 Å². The minimum Gasteiger partial charge on any atom is -0.462 e. The van der Waals surface area contributed by atoms with Gasteiger partial charge in [-0.1, -0.05) is 214 Å². The molecule has 1 unspecified atom stereocenters. The van der Waals surface area contributed by atoms with E-state index in [-0.39, 0.29) is 19.4 Å². The van der Waals surface area contributed by atoms with Crippen LogP contribution in [0.2, 0.25) is 0 Å². The van der Waals surface area contributed by atoms with Crippen LogP contribution in [0.5, 0.6) is 0 Å². The Morgan fingerprint density at radius 3 is 1.19 bits per heavy atom. The van der Waals surface area contributed by atoms with Crippen molar-refractivity contribution in [1.82, 2.24) is 0 Å². The van der Waals surface area contributed by atoms with Gasteiger partial charge in [0.05, 0.1) is 6.61 Å². The quantitative estimate of drug-likeness (QED) is 0.0358. The molecule has 0 amide bonds. The van der Waals surface area contributed by atoms with Gasteiger partial charge >= 0.3 is 19.8 Å². The van der Waals surface area contributed by atoms with Gasteiger partial charge in [-0.15, -0.1) is 0 Å². The monoisotopic (exact) mass is 775 g/mol. The Balaban J connectivity index is 3.79. The molecule has 0 bridgehead atoms. The summed E-state index contributed by atoms with van der Waals surface area (Å²) in [4.78, 5) is 42.9. The van der Waals surface area contributed by atoms with Crippen molar-refractivity contribution in [3.63, 3.8) is 0 Å². The standard InChI is InChI=1S/C44H87O8P/c1-5-41(4)35-31-27-23-19-14-12-10-8-6-7-9-11-13-15-20-24-28-32-36-43(45)50-38-42(39-51-53(47,48)49)52-44(46)37-33-29-25-21-17-16-18-22-26-30-34-40(2)3/h40-42H,5-39H2,1-4H3,(H2,47,48,49)/t41?,42-/m1/s1. The number of hydrogen-bond acceptors (Lipinski definition) is 6. The number of hydrogen-bond donors (Lipinski definition) is 2. The van der Waals surface area contributed by atoms with Crippen molar-refractivity contribution in [3.05, 3.63) is 0 Å². The molecule has 9 heteroatoms. The van der Waals surface area contributed by atoms with Crippen molar-refractivity contribution in [2.75, 3.05) is 13.2 Å². The van der Waals surface area contributed by atoms with E-state index in [0.29, 0.717) is 6.42 Å². The second-order valence-electron chi connectivity index (χ2n) is 16.5. The molecule has 316 valence electrons. The van der Waals surface area contributed by atoms with Crippen LogP contribution in [0, 0.1) is 11.8 Å². The third kappa shape index (κ3) is 42.0. The van der Waals surface area contributed by atoms with Gasteiger partial charge in [-0.3, -0.25) is 14.1 Å². The van der Waals surface area contributed by atoms with Gasteiger partial charge in [0.15, 0.2) is 6.10 Å². The molecule has 0 fully saturated rings. The first kappa shape index (κ1) is 52.0. The van der Waals surface area contributed by atoms with E-state index in [2.05, 4.69) is 32.2 Å². The Kier molecular flexibility index (Phi) is 37.3. The lowest BCUT2D eigenvalue weighted by Gasteiger charge is -2.18. The molecule has 2 atom stereocenters. The summed E-state index contributed by atoms with van der Waals surface area (Å²) in [5.74, 6) is 0.830. The molecule has 0 aliphatic rings. The molecule has 0 rings (SSSR count). The largest absolute Gasteiger partial charge is 0.469 e. The Morgan fingerprint density at radius 1 is 0.491 bits per heavy atom. The molecule has 0 aliphatic heterocycles. The van der Waals surface area contributed by atoms with Crippen LogP contribution in [0.25, 0.3) is 0 Å². The number of rotatable bonds is 41. The van der Waals surface area contributed by atoms with Crippen LogP contribution in [0.4, 0.5) is 0 Å². The highest BCUT2D eigenvalue weighted by atomic mass is 31.2. The molecule has 0 aliphatic carbocycles. The smallest absolute Gasteiger partial charge is 0.462 e. The molecule has 53 heavy (non-hydrogen) atoms. The third-order valence-electron chi connectivity index (χ3n) is 10.6. The van der Waals surface area contributed by atoms with Crippen molar-refractivity contribution < 1.29 is 37.9 Å². The first-order valence-electron chi connectivity index (χ1n) is 22.6. The van der Waals surface area contributed by atoms with Crippen LogP contribution in [-0.2, 0) is 28.2 Å². The fourth-order valence-electron chi connectivity index (χ4n) is 6.83. The lowest BCUT2D eigenvalue weighted by molar-refractivity contribution is -0.161. The minimum absolute atomic E-state index is 0.218. The fraction of sp³-hybridized carbons (Fsp3) is 0.955. The zero-order valence-electron chi connectivity index (χ0n) is 35.3. The van der Waals surface area contributed by atoms with Crippen molar-refractivity contribution in [3.8, 4) is 0 Å². The van der Waals surface area contributed by atoms with Gasteiger partial charge < -0.3 is 19.3 Å². The van der Waals surface area contributed by atoms with E-state index >= 15 is 0 Å². The summed E-state index contributed by atoms with van der Waals surface area (Å²) in [5.41, 5.74) is 0. The van der Waals surface area contributed by atoms with Crippen LogP contribution in [0.3, 0.4) is 0 Å². The average Bonchev–Trinajstić information content (AvgIpc) is 3.11. The lowest BCUT2D eigenvalue weighted by atomic mass is 9.99. The topological polar surface area (TPSA) is 119 Å². The normalized spacial score (nSPS) is 13.0. The first-order valence-corrected chi connectivity index (χ1v) is 24.1. The molecule has 8 nitrogen and oxygen atoms in total. The maximum Gasteiger partial charge on any atom is 0.469 e. The third-order valence-corrected chi connectivity index (χ3v) is 11.1. The Morgan fingerprint density at radius 2 is 0.830 bits per heavy atom. The molecule has 0 aromatic rings. The Hall–Kier alpha value is -0.950. The zero-order valence-corrected chi connectivity index (χ0v) is 36.2. The number of esters is 2. The highest BCUT2D eigenvalue weighted by molar-refractivity contribution is 7.46. The van der Waals surface area contributed by atoms with Crippen LogP contribution >= 0.6 is 7.82 Å². The second-order valence-corrected chi connectivity index (χ2v) is 17.7. The maximum atomic E-state index is 12.4. The highest BCUT2D eigenvalue weighted by Gasteiger charge is 2.23. The SMILES string of the molecule is CCC(C)CCCCCCCCCCCCCCCCCCCCC(=O)OC[C@H](COP(=O)(O)O)OC(=O)CCCCCCCCCCCCC(C)C. The van der Waals surface area contributed by atoms with Crippen LogP contribution in [-0.4, -0.2) is 41.0 Å². The van der Waals surface area contributed by atoms with Crippen LogP contribution in [0.15, 0.2) is 0 Å². The predicted octanol–water partition coefficient (Wildman–Crippen LogP) is 13.7. The van der Waals surface area contributed by atoms with Gasteiger partial charge in [-0.25, -0.2) is 4.57 Å². The van der Waals surface area contributed by atoms with Crippen molar-refractivity contribution in [2.24, 2.45) is 11.8 Å². The summed E-state index contributed by atoms with van der Waals surface area (Å²) in [6.45, 7) is 8.42. The van der Waals surface area contributed by atoms with E-state index in [1.165, 1.54) is 154 Å². The number of phosphoric ester groups is 1. The predicted molar refractivity (Wildman–Crippen MR) is 221 cm³/mol. The van der Waals surface area contributed by atoms with Crippen molar-refractivity contribution in [1.29, 1.82) is 0 Å². The number of unbranched alkanes of at least 4 members (excludes halogenated alkanes) is 26. The minimum atomic E-state index is -4.75. The van der Waals surface area contributed by atoms with Gasteiger partial charge in [-0.05, 0) is 24.7 Å². The molecule has 0 aromatic carbocycles. The van der Waals surface area contributed by atoms with Gasteiger partial charge in [0, 0.05) is 12.8 Å². The maximum absolute atomic E-state index is 12.4. The number of carbonyl (C=O) groups is 2. The number of phosphoric acid groups is 1. The summed E-state index contributed by atoms with van der Waals surface area (Å²) < 4.78 is 26.4. The average molecular weight is 775 g/mol. The number of ether oxygens (including phenoxy) is 2. The second kappa shape index (κ2) is 37.9. The first-order chi connectivity index (χ1) is 25.5. The van der Waals surface area contributed by atoms with E-state index < -0.39 is 32.5 Å². The van der Waals surface area contributed by atoms with E-state index in [0.717, 1.165) is 50.4 Å². The highest BCUT2D eigenvalue weighted by Crippen LogP contribution is 2.36. The van der Waals surface area contributed by atoms with Crippen molar-refractivity contribution in [2.45, 2.75) is 246 Å². The summed E-state index contributed by atoms with van der Waals surface area (Å²) in [6, 6.07) is 0. The van der Waals surface area contributed by atoms with E-state index in [9.17, 15) is 14.2 Å². The molecule has 0 saturated heterocycles. The van der Waals surface area contributed by atoms with Gasteiger partial charge in [0.2, 0.25) is 0 Å². The zero-order chi connectivity index (χ0) is 39.3. The molecule has 0 spiro atoms. The van der Waals surface area contributed by atoms with Gasteiger partial charge in [0.1, 0.15) is 6.61 Å². The summed E-state index contributed by atoms with van der Waals surface area (Å²) in [6.07, 6.45) is 38.3. The summed E-state index contributed by atoms with van der Waals surface area (Å²) >= 11 is 0. The van der Waals surface area contributed by atoms with Crippen molar-refractivity contribution >= 4 is 19.8 Å². The van der Waals surface area contributed by atoms with E-state index in [4.69, 9.17) is 19.3 Å². The lowest BCUT2D eigenvalue weighted by Crippen LogP contribution is -2.29. The molecule has 2 N–H and O–H groups in total. The van der Waals surface area contributed by atoms with Crippen LogP contribution in [0.1, 0.15) is 240 Å². The van der Waals surface area contributed by atoms with E-state index in [1.807, 2.05) is 0 Å². The molecule has 0 aromatic heterocycles.